The van der Waals surface area contributed by atoms with Gasteiger partial charge >= 0.3 is 0 Å². The summed E-state index contributed by atoms with van der Waals surface area (Å²) in [5.41, 5.74) is 0. The second-order valence-electron chi connectivity index (χ2n) is 4.26. The molecule has 14 heavy (non-hydrogen) atoms. The molecule has 1 N–H and O–H groups in total. The van der Waals surface area contributed by atoms with Gasteiger partial charge in [0.25, 0.3) is 0 Å². The molecule has 0 aliphatic heterocycles. The van der Waals surface area contributed by atoms with E-state index in [0.29, 0.717) is 0 Å². The number of hydrogen-bond acceptors (Lipinski definition) is 2. The third-order valence-electron chi connectivity index (χ3n) is 3.27. The largest absolute Gasteiger partial charge is 0.314 e. The van der Waals surface area contributed by atoms with Crippen molar-refractivity contribution in [1.29, 1.82) is 0 Å². The molecule has 0 aromatic carbocycles. The number of hydrogen-bond donors (Lipinski definition) is 1. The van der Waals surface area contributed by atoms with E-state index in [9.17, 15) is 0 Å². The van der Waals surface area contributed by atoms with Crippen molar-refractivity contribution in [2.45, 2.75) is 38.6 Å². The van der Waals surface area contributed by atoms with Gasteiger partial charge in [-0.15, -0.1) is 11.3 Å². The van der Waals surface area contributed by atoms with Crippen LogP contribution in [0.25, 0.3) is 0 Å². The fourth-order valence-electron chi connectivity index (χ4n) is 1.98. The molecular formula is C12H19NS. The lowest BCUT2D eigenvalue weighted by Crippen LogP contribution is -2.37. The summed E-state index contributed by atoms with van der Waals surface area (Å²) in [5, 5.41) is 5.79. The summed E-state index contributed by atoms with van der Waals surface area (Å²) in [6, 6.07) is 5.08. The van der Waals surface area contributed by atoms with Gasteiger partial charge in [0.2, 0.25) is 0 Å². The van der Waals surface area contributed by atoms with Gasteiger partial charge < -0.3 is 5.32 Å². The highest BCUT2D eigenvalue weighted by Gasteiger charge is 2.22. The minimum Gasteiger partial charge on any atom is -0.314 e. The van der Waals surface area contributed by atoms with Crippen molar-refractivity contribution in [2.75, 3.05) is 6.54 Å². The van der Waals surface area contributed by atoms with E-state index in [2.05, 4.69) is 29.8 Å². The summed E-state index contributed by atoms with van der Waals surface area (Å²) < 4.78 is 0. The first-order chi connectivity index (χ1) is 6.86. The molecule has 1 saturated carbocycles. The topological polar surface area (TPSA) is 12.0 Å². The van der Waals surface area contributed by atoms with Crippen LogP contribution in [-0.4, -0.2) is 12.6 Å². The van der Waals surface area contributed by atoms with Gasteiger partial charge in [-0.1, -0.05) is 12.5 Å². The lowest BCUT2D eigenvalue weighted by atomic mass is 9.80. The highest BCUT2D eigenvalue weighted by Crippen LogP contribution is 2.29. The second kappa shape index (κ2) is 4.94. The van der Waals surface area contributed by atoms with Gasteiger partial charge in [-0.3, -0.25) is 0 Å². The predicted molar refractivity (Wildman–Crippen MR) is 62.8 cm³/mol. The van der Waals surface area contributed by atoms with E-state index in [0.717, 1.165) is 18.5 Å². The smallest absolute Gasteiger partial charge is 0.00671 e. The molecule has 0 saturated heterocycles. The van der Waals surface area contributed by atoms with Crippen LogP contribution in [0.4, 0.5) is 0 Å². The van der Waals surface area contributed by atoms with E-state index >= 15 is 0 Å². The Bertz CT molecular complexity index is 251. The van der Waals surface area contributed by atoms with Gasteiger partial charge in [0.1, 0.15) is 0 Å². The van der Waals surface area contributed by atoms with Crippen LogP contribution < -0.4 is 5.32 Å². The van der Waals surface area contributed by atoms with Crippen LogP contribution in [0.2, 0.25) is 0 Å². The lowest BCUT2D eigenvalue weighted by molar-refractivity contribution is 0.242. The first-order valence-corrected chi connectivity index (χ1v) is 6.50. The van der Waals surface area contributed by atoms with Crippen LogP contribution >= 0.6 is 11.3 Å². The van der Waals surface area contributed by atoms with Crippen LogP contribution in [0.15, 0.2) is 17.5 Å². The summed E-state index contributed by atoms with van der Waals surface area (Å²) >= 11 is 1.86. The highest BCUT2D eigenvalue weighted by molar-refractivity contribution is 7.09. The third kappa shape index (κ3) is 2.58. The number of nitrogens with one attached hydrogen (secondary N) is 1. The molecule has 1 aliphatic rings. The van der Waals surface area contributed by atoms with E-state index in [4.69, 9.17) is 0 Å². The van der Waals surface area contributed by atoms with Crippen molar-refractivity contribution in [1.82, 2.24) is 5.32 Å². The van der Waals surface area contributed by atoms with Gasteiger partial charge in [-0.05, 0) is 43.6 Å². The molecule has 1 fully saturated rings. The summed E-state index contributed by atoms with van der Waals surface area (Å²) in [7, 11) is 0. The molecule has 0 bridgehead atoms. The summed E-state index contributed by atoms with van der Waals surface area (Å²) in [6.45, 7) is 3.47. The fraction of sp³-hybridized carbons (Fsp3) is 0.667. The van der Waals surface area contributed by atoms with Crippen molar-refractivity contribution in [3.8, 4) is 0 Å². The minimum absolute atomic E-state index is 0.726. The summed E-state index contributed by atoms with van der Waals surface area (Å²) in [4.78, 5) is 1.50. The Hall–Kier alpha value is -0.340. The normalized spacial score (nSPS) is 19.2. The molecule has 1 unspecified atom stereocenters. The Morgan fingerprint density at radius 1 is 1.57 bits per heavy atom. The Morgan fingerprint density at radius 3 is 3.00 bits per heavy atom. The SMILES string of the molecule is CC(NCCc1cccs1)C1CCC1. The van der Waals surface area contributed by atoms with Crippen molar-refractivity contribution < 1.29 is 0 Å². The van der Waals surface area contributed by atoms with Gasteiger partial charge in [0.05, 0.1) is 0 Å². The third-order valence-corrected chi connectivity index (χ3v) is 4.21. The van der Waals surface area contributed by atoms with Crippen LogP contribution in [0, 0.1) is 5.92 Å². The second-order valence-corrected chi connectivity index (χ2v) is 5.30. The molecule has 0 radical (unpaired) electrons. The minimum atomic E-state index is 0.726. The average molecular weight is 209 g/mol. The van der Waals surface area contributed by atoms with Crippen LogP contribution in [-0.2, 0) is 6.42 Å². The van der Waals surface area contributed by atoms with Gasteiger partial charge in [-0.25, -0.2) is 0 Å². The quantitative estimate of drug-likeness (QED) is 0.786. The average Bonchev–Trinajstić information content (AvgIpc) is 2.53. The first kappa shape index (κ1) is 10.2. The number of thiophene rings is 1. The van der Waals surface area contributed by atoms with Gasteiger partial charge in [-0.2, -0.15) is 0 Å². The van der Waals surface area contributed by atoms with Crippen molar-refractivity contribution in [3.05, 3.63) is 22.4 Å². The maximum Gasteiger partial charge on any atom is 0.00671 e. The maximum absolute atomic E-state index is 3.63. The van der Waals surface area contributed by atoms with Crippen molar-refractivity contribution in [3.63, 3.8) is 0 Å². The van der Waals surface area contributed by atoms with Crippen molar-refractivity contribution in [2.24, 2.45) is 5.92 Å². The molecular weight excluding hydrogens is 190 g/mol. The zero-order valence-corrected chi connectivity index (χ0v) is 9.65. The van der Waals surface area contributed by atoms with Crippen LogP contribution in [0.5, 0.6) is 0 Å². The summed E-state index contributed by atoms with van der Waals surface area (Å²) in [5.74, 6) is 0.957. The maximum atomic E-state index is 3.63. The molecule has 1 aliphatic carbocycles. The van der Waals surface area contributed by atoms with Crippen LogP contribution in [0.3, 0.4) is 0 Å². The van der Waals surface area contributed by atoms with E-state index in [1.54, 1.807) is 0 Å². The highest BCUT2D eigenvalue weighted by atomic mass is 32.1. The van der Waals surface area contributed by atoms with E-state index in [1.807, 2.05) is 11.3 Å². The molecule has 2 heteroatoms. The van der Waals surface area contributed by atoms with Crippen LogP contribution in [0.1, 0.15) is 31.1 Å². The standard InChI is InChI=1S/C12H19NS/c1-10(11-4-2-5-11)13-8-7-12-6-3-9-14-12/h3,6,9-11,13H,2,4-5,7-8H2,1H3. The van der Waals surface area contributed by atoms with Crippen molar-refractivity contribution >= 4 is 11.3 Å². The molecule has 1 heterocycles. The molecule has 0 spiro atoms. The molecule has 1 aromatic heterocycles. The van der Waals surface area contributed by atoms with E-state index in [-0.39, 0.29) is 0 Å². The molecule has 1 nitrogen and oxygen atoms in total. The van der Waals surface area contributed by atoms with E-state index < -0.39 is 0 Å². The monoisotopic (exact) mass is 209 g/mol. The van der Waals surface area contributed by atoms with Gasteiger partial charge in [0, 0.05) is 17.5 Å². The molecule has 78 valence electrons. The lowest BCUT2D eigenvalue weighted by Gasteiger charge is -2.32. The fourth-order valence-corrected chi connectivity index (χ4v) is 2.69. The molecule has 2 rings (SSSR count). The first-order valence-electron chi connectivity index (χ1n) is 5.62. The molecule has 1 atom stereocenters. The molecule has 0 amide bonds. The zero-order chi connectivity index (χ0) is 9.80. The summed E-state index contributed by atoms with van der Waals surface area (Å²) in [6.07, 6.45) is 5.51. The zero-order valence-electron chi connectivity index (χ0n) is 8.83. The Morgan fingerprint density at radius 2 is 2.43 bits per heavy atom. The molecule has 1 aromatic rings. The Balaban J connectivity index is 1.62. The predicted octanol–water partition coefficient (Wildman–Crippen LogP) is 3.07. The number of rotatable bonds is 5. The van der Waals surface area contributed by atoms with E-state index in [1.165, 1.54) is 30.6 Å². The Labute approximate surface area is 90.5 Å². The van der Waals surface area contributed by atoms with Gasteiger partial charge in [0.15, 0.2) is 0 Å². The Kier molecular flexibility index (Phi) is 3.60.